The minimum atomic E-state index is 1.12. The summed E-state index contributed by atoms with van der Waals surface area (Å²) in [6, 6.07) is 27.9. The topological polar surface area (TPSA) is 0 Å². The van der Waals surface area contributed by atoms with E-state index in [0.29, 0.717) is 0 Å². The van der Waals surface area contributed by atoms with E-state index < -0.39 is 0 Å². The summed E-state index contributed by atoms with van der Waals surface area (Å²) < 4.78 is 1.12. The molecular weight excluding hydrogens is 344 g/mol. The van der Waals surface area contributed by atoms with Gasteiger partial charge in [0.2, 0.25) is 0 Å². The van der Waals surface area contributed by atoms with Gasteiger partial charge in [-0.15, -0.1) is 0 Å². The van der Waals surface area contributed by atoms with Gasteiger partial charge in [-0.3, -0.25) is 0 Å². The minimum Gasteiger partial charge on any atom is -0.0616 e. The molecule has 0 aliphatic heterocycles. The maximum Gasteiger partial charge on any atom is 0.0181 e. The van der Waals surface area contributed by atoms with Crippen molar-refractivity contribution in [3.8, 4) is 0 Å². The van der Waals surface area contributed by atoms with Gasteiger partial charge in [0.1, 0.15) is 0 Å². The highest BCUT2D eigenvalue weighted by Crippen LogP contribution is 2.22. The molecule has 0 spiro atoms. The minimum absolute atomic E-state index is 1.12. The average molecular weight is 359 g/mol. The third kappa shape index (κ3) is 3.06. The largest absolute Gasteiger partial charge is 0.0616 e. The van der Waals surface area contributed by atoms with Crippen molar-refractivity contribution in [1.29, 1.82) is 0 Å². The van der Waals surface area contributed by atoms with E-state index in [0.717, 1.165) is 4.47 Å². The molecule has 0 atom stereocenters. The molecule has 4 aromatic rings. The lowest BCUT2D eigenvalue weighted by molar-refractivity contribution is 1.67. The summed E-state index contributed by atoms with van der Waals surface area (Å²) in [6.07, 6.45) is 4.35. The number of halogens is 1. The summed E-state index contributed by atoms with van der Waals surface area (Å²) in [6.45, 7) is 0. The highest BCUT2D eigenvalue weighted by molar-refractivity contribution is 9.10. The zero-order valence-electron chi connectivity index (χ0n) is 12.5. The van der Waals surface area contributed by atoms with E-state index in [9.17, 15) is 0 Å². The summed E-state index contributed by atoms with van der Waals surface area (Å²) >= 11 is 3.52. The molecule has 0 fully saturated rings. The van der Waals surface area contributed by atoms with Crippen molar-refractivity contribution in [3.05, 3.63) is 94.5 Å². The number of hydrogen-bond donors (Lipinski definition) is 0. The fourth-order valence-electron chi connectivity index (χ4n) is 2.84. The second-order valence-electron chi connectivity index (χ2n) is 5.69. The summed E-state index contributed by atoms with van der Waals surface area (Å²) in [7, 11) is 0. The van der Waals surface area contributed by atoms with Gasteiger partial charge in [0.15, 0.2) is 0 Å². The van der Waals surface area contributed by atoms with Crippen molar-refractivity contribution in [2.45, 2.75) is 0 Å². The smallest absolute Gasteiger partial charge is 0.0181 e. The molecule has 0 unspecified atom stereocenters. The zero-order chi connectivity index (χ0) is 15.6. The van der Waals surface area contributed by atoms with Gasteiger partial charge in [0.25, 0.3) is 0 Å². The molecule has 4 aromatic carbocycles. The first-order valence-electron chi connectivity index (χ1n) is 7.64. The Balaban J connectivity index is 1.67. The molecular formula is C22H15Br. The Morgan fingerprint density at radius 2 is 1.04 bits per heavy atom. The third-order valence-electron chi connectivity index (χ3n) is 4.07. The fraction of sp³-hybridized carbons (Fsp3) is 0. The van der Waals surface area contributed by atoms with Crippen LogP contribution in [0.4, 0.5) is 0 Å². The molecule has 0 saturated heterocycles. The van der Waals surface area contributed by atoms with Gasteiger partial charge in [0.05, 0.1) is 0 Å². The molecule has 0 saturated carbocycles. The standard InChI is InChI=1S/C22H15Br/c23-22-12-11-20-14-17(8-10-21(20)15-22)6-5-16-7-9-18-3-1-2-4-19(18)13-16/h1-15H/b6-5+. The van der Waals surface area contributed by atoms with Crippen LogP contribution < -0.4 is 0 Å². The summed E-state index contributed by atoms with van der Waals surface area (Å²) in [5.74, 6) is 0. The molecule has 0 radical (unpaired) electrons. The first-order valence-corrected chi connectivity index (χ1v) is 8.43. The van der Waals surface area contributed by atoms with Crippen LogP contribution in [0.1, 0.15) is 11.1 Å². The Morgan fingerprint density at radius 3 is 1.78 bits per heavy atom. The first-order chi connectivity index (χ1) is 11.3. The lowest BCUT2D eigenvalue weighted by atomic mass is 10.0. The van der Waals surface area contributed by atoms with Crippen molar-refractivity contribution in [2.24, 2.45) is 0 Å². The molecule has 0 bridgehead atoms. The second kappa shape index (κ2) is 6.02. The number of rotatable bonds is 2. The number of benzene rings is 4. The van der Waals surface area contributed by atoms with E-state index >= 15 is 0 Å². The van der Waals surface area contributed by atoms with Crippen molar-refractivity contribution >= 4 is 49.6 Å². The molecule has 0 heterocycles. The van der Waals surface area contributed by atoms with Crippen LogP contribution in [0.5, 0.6) is 0 Å². The molecule has 0 aromatic heterocycles. The lowest BCUT2D eigenvalue weighted by Gasteiger charge is -2.02. The van der Waals surface area contributed by atoms with E-state index in [1.807, 2.05) is 0 Å². The van der Waals surface area contributed by atoms with Gasteiger partial charge in [-0.2, -0.15) is 0 Å². The monoisotopic (exact) mass is 358 g/mol. The molecule has 0 aliphatic rings. The highest BCUT2D eigenvalue weighted by atomic mass is 79.9. The Kier molecular flexibility index (Phi) is 3.72. The van der Waals surface area contributed by atoms with Gasteiger partial charge in [-0.25, -0.2) is 0 Å². The molecule has 0 amide bonds. The van der Waals surface area contributed by atoms with Crippen LogP contribution in [0.15, 0.2) is 83.3 Å². The molecule has 0 N–H and O–H groups in total. The molecule has 23 heavy (non-hydrogen) atoms. The molecule has 0 nitrogen and oxygen atoms in total. The van der Waals surface area contributed by atoms with Crippen LogP contribution >= 0.6 is 15.9 Å². The van der Waals surface area contributed by atoms with E-state index in [4.69, 9.17) is 0 Å². The van der Waals surface area contributed by atoms with Crippen molar-refractivity contribution in [1.82, 2.24) is 0 Å². The van der Waals surface area contributed by atoms with Crippen molar-refractivity contribution < 1.29 is 0 Å². The Hall–Kier alpha value is -2.38. The van der Waals surface area contributed by atoms with E-state index in [1.54, 1.807) is 0 Å². The van der Waals surface area contributed by atoms with Gasteiger partial charge in [-0.05, 0) is 56.9 Å². The molecule has 110 valence electrons. The Bertz CT molecular complexity index is 1030. The highest BCUT2D eigenvalue weighted by Gasteiger charge is 1.97. The fourth-order valence-corrected chi connectivity index (χ4v) is 3.22. The van der Waals surface area contributed by atoms with Gasteiger partial charge < -0.3 is 0 Å². The maximum absolute atomic E-state index is 3.52. The van der Waals surface area contributed by atoms with Gasteiger partial charge >= 0.3 is 0 Å². The van der Waals surface area contributed by atoms with Crippen LogP contribution in [-0.2, 0) is 0 Å². The predicted molar refractivity (Wildman–Crippen MR) is 105 cm³/mol. The van der Waals surface area contributed by atoms with Crippen molar-refractivity contribution in [3.63, 3.8) is 0 Å². The van der Waals surface area contributed by atoms with Crippen LogP contribution in [0.25, 0.3) is 33.7 Å². The maximum atomic E-state index is 3.52. The predicted octanol–water partition coefficient (Wildman–Crippen LogP) is 6.93. The van der Waals surface area contributed by atoms with Crippen molar-refractivity contribution in [2.75, 3.05) is 0 Å². The number of fused-ring (bicyclic) bond motifs is 2. The third-order valence-corrected chi connectivity index (χ3v) is 4.56. The van der Waals surface area contributed by atoms with Crippen LogP contribution in [0, 0.1) is 0 Å². The Morgan fingerprint density at radius 1 is 0.522 bits per heavy atom. The summed E-state index contributed by atoms with van der Waals surface area (Å²) in [5.41, 5.74) is 2.44. The normalized spacial score (nSPS) is 11.5. The average Bonchev–Trinajstić information content (AvgIpc) is 2.59. The SMILES string of the molecule is Brc1ccc2cc(/C=C/c3ccc4ccccc4c3)ccc2c1. The Labute approximate surface area is 144 Å². The van der Waals surface area contributed by atoms with Gasteiger partial charge in [-0.1, -0.05) is 82.7 Å². The van der Waals surface area contributed by atoms with E-state index in [-0.39, 0.29) is 0 Å². The summed E-state index contributed by atoms with van der Waals surface area (Å²) in [4.78, 5) is 0. The van der Waals surface area contributed by atoms with Crippen LogP contribution in [-0.4, -0.2) is 0 Å². The van der Waals surface area contributed by atoms with E-state index in [2.05, 4.69) is 107 Å². The first kappa shape index (κ1) is 14.2. The quantitative estimate of drug-likeness (QED) is 0.341. The number of hydrogen-bond acceptors (Lipinski definition) is 0. The lowest BCUT2D eigenvalue weighted by Crippen LogP contribution is -1.77. The van der Waals surface area contributed by atoms with Crippen LogP contribution in [0.3, 0.4) is 0 Å². The molecule has 1 heteroatoms. The summed E-state index contributed by atoms with van der Waals surface area (Å²) in [5, 5.41) is 5.06. The van der Waals surface area contributed by atoms with Crippen LogP contribution in [0.2, 0.25) is 0 Å². The second-order valence-corrected chi connectivity index (χ2v) is 6.61. The molecule has 0 aliphatic carbocycles. The molecule has 4 rings (SSSR count). The van der Waals surface area contributed by atoms with E-state index in [1.165, 1.54) is 32.7 Å². The zero-order valence-corrected chi connectivity index (χ0v) is 14.1. The van der Waals surface area contributed by atoms with Gasteiger partial charge in [0, 0.05) is 4.47 Å².